The van der Waals surface area contributed by atoms with E-state index in [1.807, 2.05) is 6.20 Å². The van der Waals surface area contributed by atoms with Crippen molar-refractivity contribution in [2.24, 2.45) is 0 Å². The van der Waals surface area contributed by atoms with Crippen molar-refractivity contribution >= 4 is 11.3 Å². The van der Waals surface area contributed by atoms with E-state index in [0.717, 1.165) is 6.42 Å². The summed E-state index contributed by atoms with van der Waals surface area (Å²) >= 11 is 1.77. The normalized spacial score (nSPS) is 16.5. The van der Waals surface area contributed by atoms with Crippen LogP contribution in [0.2, 0.25) is 0 Å². The van der Waals surface area contributed by atoms with E-state index in [1.165, 1.54) is 30.7 Å². The number of thiazole rings is 1. The molecule has 0 unspecified atom stereocenters. The van der Waals surface area contributed by atoms with E-state index in [2.05, 4.69) is 16.4 Å². The van der Waals surface area contributed by atoms with Gasteiger partial charge in [0.05, 0.1) is 5.01 Å². The molecule has 0 saturated heterocycles. The molecule has 0 spiro atoms. The summed E-state index contributed by atoms with van der Waals surface area (Å²) in [6.45, 7) is 0. The highest BCUT2D eigenvalue weighted by molar-refractivity contribution is 7.09. The van der Waals surface area contributed by atoms with Gasteiger partial charge in [-0.2, -0.15) is 0 Å². The monoisotopic (exact) mass is 179 g/mol. The summed E-state index contributed by atoms with van der Waals surface area (Å²) < 4.78 is 0. The van der Waals surface area contributed by atoms with E-state index in [9.17, 15) is 0 Å². The number of allylic oxidation sites excluding steroid dienone is 2. The fourth-order valence-corrected chi connectivity index (χ4v) is 2.23. The zero-order valence-corrected chi connectivity index (χ0v) is 7.94. The van der Waals surface area contributed by atoms with Crippen LogP contribution in [0.3, 0.4) is 0 Å². The van der Waals surface area contributed by atoms with Crippen LogP contribution in [-0.2, 0) is 6.42 Å². The van der Waals surface area contributed by atoms with E-state index in [4.69, 9.17) is 0 Å². The first-order chi connectivity index (χ1) is 5.95. The highest BCUT2D eigenvalue weighted by Gasteiger charge is 2.04. The molecule has 1 heterocycles. The van der Waals surface area contributed by atoms with E-state index >= 15 is 0 Å². The maximum Gasteiger partial charge on any atom is 0.0927 e. The van der Waals surface area contributed by atoms with Crippen LogP contribution in [0.1, 0.15) is 30.7 Å². The zero-order valence-electron chi connectivity index (χ0n) is 7.12. The topological polar surface area (TPSA) is 12.9 Å². The van der Waals surface area contributed by atoms with Crippen molar-refractivity contribution in [2.45, 2.75) is 32.1 Å². The second-order valence-electron chi connectivity index (χ2n) is 3.18. The minimum atomic E-state index is 1.14. The summed E-state index contributed by atoms with van der Waals surface area (Å²) in [7, 11) is 0. The lowest BCUT2D eigenvalue weighted by atomic mass is 10.1. The van der Waals surface area contributed by atoms with E-state index in [0.29, 0.717) is 0 Å². The largest absolute Gasteiger partial charge is 0.250 e. The van der Waals surface area contributed by atoms with Crippen molar-refractivity contribution in [3.63, 3.8) is 0 Å². The number of aromatic nitrogens is 1. The van der Waals surface area contributed by atoms with Gasteiger partial charge in [-0.1, -0.05) is 11.6 Å². The highest BCUT2D eigenvalue weighted by Crippen LogP contribution is 2.22. The predicted octanol–water partition coefficient (Wildman–Crippen LogP) is 3.19. The van der Waals surface area contributed by atoms with Crippen LogP contribution in [0.4, 0.5) is 0 Å². The minimum Gasteiger partial charge on any atom is -0.250 e. The molecule has 0 fully saturated rings. The molecule has 0 N–H and O–H groups in total. The molecule has 1 aromatic rings. The Bertz CT molecular complexity index is 261. The Hall–Kier alpha value is -0.630. The Labute approximate surface area is 77.2 Å². The fraction of sp³-hybridized carbons (Fsp3) is 0.500. The van der Waals surface area contributed by atoms with E-state index < -0.39 is 0 Å². The molecule has 0 aliphatic heterocycles. The third kappa shape index (κ3) is 1.95. The van der Waals surface area contributed by atoms with Crippen LogP contribution in [0.5, 0.6) is 0 Å². The Balaban J connectivity index is 1.82. The third-order valence-electron chi connectivity index (χ3n) is 2.28. The van der Waals surface area contributed by atoms with Gasteiger partial charge in [0.25, 0.3) is 0 Å². The van der Waals surface area contributed by atoms with Crippen molar-refractivity contribution in [1.82, 2.24) is 4.98 Å². The Morgan fingerprint density at radius 1 is 1.42 bits per heavy atom. The van der Waals surface area contributed by atoms with Crippen LogP contribution >= 0.6 is 11.3 Å². The first kappa shape index (κ1) is 7.99. The molecule has 0 amide bonds. The minimum absolute atomic E-state index is 1.14. The summed E-state index contributed by atoms with van der Waals surface area (Å²) in [5.41, 5.74) is 1.64. The summed E-state index contributed by atoms with van der Waals surface area (Å²) in [6, 6.07) is 0. The SMILES string of the molecule is C1=C(CCc2nccs2)CCC1. The van der Waals surface area contributed by atoms with Crippen molar-refractivity contribution in [3.05, 3.63) is 28.2 Å². The second-order valence-corrected chi connectivity index (χ2v) is 4.16. The molecular weight excluding hydrogens is 166 g/mol. The van der Waals surface area contributed by atoms with Gasteiger partial charge in [0.2, 0.25) is 0 Å². The molecule has 12 heavy (non-hydrogen) atoms. The lowest BCUT2D eigenvalue weighted by molar-refractivity contribution is 0.841. The van der Waals surface area contributed by atoms with Crippen molar-refractivity contribution in [3.8, 4) is 0 Å². The first-order valence-corrected chi connectivity index (χ1v) is 5.39. The summed E-state index contributed by atoms with van der Waals surface area (Å²) in [5, 5.41) is 3.33. The van der Waals surface area contributed by atoms with Gasteiger partial charge in [-0.05, 0) is 25.7 Å². The molecule has 0 radical (unpaired) electrons. The number of aryl methyl sites for hydroxylation is 1. The number of hydrogen-bond acceptors (Lipinski definition) is 2. The van der Waals surface area contributed by atoms with Crippen molar-refractivity contribution < 1.29 is 0 Å². The molecule has 0 aromatic carbocycles. The van der Waals surface area contributed by atoms with Crippen LogP contribution in [0, 0.1) is 0 Å². The summed E-state index contributed by atoms with van der Waals surface area (Å²) in [4.78, 5) is 4.27. The van der Waals surface area contributed by atoms with Crippen LogP contribution < -0.4 is 0 Å². The van der Waals surface area contributed by atoms with Gasteiger partial charge in [-0.25, -0.2) is 4.98 Å². The van der Waals surface area contributed by atoms with E-state index in [1.54, 1.807) is 16.9 Å². The number of nitrogens with zero attached hydrogens (tertiary/aromatic N) is 1. The van der Waals surface area contributed by atoms with Crippen LogP contribution in [-0.4, -0.2) is 4.98 Å². The first-order valence-electron chi connectivity index (χ1n) is 4.51. The lowest BCUT2D eigenvalue weighted by Gasteiger charge is -1.97. The summed E-state index contributed by atoms with van der Waals surface area (Å²) in [5.74, 6) is 0. The van der Waals surface area contributed by atoms with Gasteiger partial charge in [0, 0.05) is 18.0 Å². The van der Waals surface area contributed by atoms with Crippen LogP contribution in [0.15, 0.2) is 23.2 Å². The van der Waals surface area contributed by atoms with Crippen molar-refractivity contribution in [2.75, 3.05) is 0 Å². The lowest BCUT2D eigenvalue weighted by Crippen LogP contribution is -1.85. The van der Waals surface area contributed by atoms with Crippen molar-refractivity contribution in [1.29, 1.82) is 0 Å². The smallest absolute Gasteiger partial charge is 0.0927 e. The standard InChI is InChI=1S/C10H13NS/c1-2-4-9(3-1)5-6-10-11-7-8-12-10/h3,7-8H,1-2,4-6H2. The average Bonchev–Trinajstić information content (AvgIpc) is 2.74. The molecule has 2 rings (SSSR count). The average molecular weight is 179 g/mol. The molecule has 0 atom stereocenters. The maximum absolute atomic E-state index is 4.27. The van der Waals surface area contributed by atoms with Gasteiger partial charge in [-0.15, -0.1) is 11.3 Å². The van der Waals surface area contributed by atoms with Gasteiger partial charge < -0.3 is 0 Å². The van der Waals surface area contributed by atoms with Gasteiger partial charge >= 0.3 is 0 Å². The van der Waals surface area contributed by atoms with Crippen LogP contribution in [0.25, 0.3) is 0 Å². The number of hydrogen-bond donors (Lipinski definition) is 0. The van der Waals surface area contributed by atoms with Gasteiger partial charge in [-0.3, -0.25) is 0 Å². The molecule has 0 bridgehead atoms. The molecule has 1 aliphatic rings. The quantitative estimate of drug-likeness (QED) is 0.649. The molecular formula is C10H13NS. The number of rotatable bonds is 3. The molecule has 1 aromatic heterocycles. The Kier molecular flexibility index (Phi) is 2.57. The molecule has 2 heteroatoms. The predicted molar refractivity (Wildman–Crippen MR) is 52.4 cm³/mol. The maximum atomic E-state index is 4.27. The second kappa shape index (κ2) is 3.85. The molecule has 1 nitrogen and oxygen atoms in total. The fourth-order valence-electron chi connectivity index (χ4n) is 1.61. The van der Waals surface area contributed by atoms with Gasteiger partial charge in [0.1, 0.15) is 0 Å². The Morgan fingerprint density at radius 3 is 3.08 bits per heavy atom. The van der Waals surface area contributed by atoms with E-state index in [-0.39, 0.29) is 0 Å². The molecule has 0 saturated carbocycles. The third-order valence-corrected chi connectivity index (χ3v) is 3.12. The zero-order chi connectivity index (χ0) is 8.23. The highest BCUT2D eigenvalue weighted by atomic mass is 32.1. The van der Waals surface area contributed by atoms with Gasteiger partial charge in [0.15, 0.2) is 0 Å². The summed E-state index contributed by atoms with van der Waals surface area (Å²) in [6.07, 6.45) is 10.7. The Morgan fingerprint density at radius 2 is 2.42 bits per heavy atom. The molecule has 64 valence electrons. The molecule has 1 aliphatic carbocycles.